The molecule has 0 atom stereocenters. The van der Waals surface area contributed by atoms with Gasteiger partial charge in [0.05, 0.1) is 0 Å². The van der Waals surface area contributed by atoms with E-state index in [-0.39, 0.29) is 0 Å². The maximum absolute atomic E-state index is 5.93. The average Bonchev–Trinajstić information content (AvgIpc) is 2.46. The number of rotatable bonds is 5. The summed E-state index contributed by atoms with van der Waals surface area (Å²) in [6.07, 6.45) is 5.12. The molecule has 2 nitrogen and oxygen atoms in total. The van der Waals surface area contributed by atoms with Crippen molar-refractivity contribution in [3.05, 3.63) is 65.7 Å². The molecule has 98 valence electrons. The first-order valence-electron chi connectivity index (χ1n) is 6.52. The van der Waals surface area contributed by atoms with E-state index in [1.54, 1.807) is 0 Å². The van der Waals surface area contributed by atoms with Crippen LogP contribution in [-0.4, -0.2) is 0 Å². The van der Waals surface area contributed by atoms with Gasteiger partial charge in [0.15, 0.2) is 0 Å². The summed E-state index contributed by atoms with van der Waals surface area (Å²) in [6, 6.07) is 15.9. The summed E-state index contributed by atoms with van der Waals surface area (Å²) in [5.41, 5.74) is 8.87. The quantitative estimate of drug-likeness (QED) is 0.807. The molecule has 0 spiro atoms. The monoisotopic (exact) mass is 253 g/mol. The Balaban J connectivity index is 2.07. The topological polar surface area (TPSA) is 35.2 Å². The molecule has 0 fully saturated rings. The molecule has 0 aliphatic carbocycles. The molecule has 0 amide bonds. The number of ether oxygens (including phenoxy) is 1. The van der Waals surface area contributed by atoms with Gasteiger partial charge in [-0.1, -0.05) is 49.4 Å². The van der Waals surface area contributed by atoms with Crippen LogP contribution in [0.25, 0.3) is 6.08 Å². The molecule has 2 aromatic rings. The zero-order valence-corrected chi connectivity index (χ0v) is 11.2. The van der Waals surface area contributed by atoms with Crippen molar-refractivity contribution in [2.24, 2.45) is 0 Å². The number of hydrogen-bond acceptors (Lipinski definition) is 2. The molecule has 0 aliphatic heterocycles. The second-order valence-electron chi connectivity index (χ2n) is 4.38. The maximum Gasteiger partial charge on any atom is 0.120 e. The van der Waals surface area contributed by atoms with Crippen LogP contribution < -0.4 is 10.5 Å². The molecule has 19 heavy (non-hydrogen) atoms. The van der Waals surface area contributed by atoms with Gasteiger partial charge in [0.1, 0.15) is 12.4 Å². The number of nitrogens with two attached hydrogens (primary N) is 1. The summed E-state index contributed by atoms with van der Waals surface area (Å²) < 4.78 is 5.78. The van der Waals surface area contributed by atoms with Crippen LogP contribution in [0, 0.1) is 0 Å². The second-order valence-corrected chi connectivity index (χ2v) is 4.38. The van der Waals surface area contributed by atoms with Crippen molar-refractivity contribution in [3.8, 4) is 5.75 Å². The van der Waals surface area contributed by atoms with Crippen molar-refractivity contribution in [3.63, 3.8) is 0 Å². The van der Waals surface area contributed by atoms with Crippen LogP contribution in [0.4, 0.5) is 5.69 Å². The van der Waals surface area contributed by atoms with Crippen LogP contribution in [0.15, 0.2) is 54.6 Å². The lowest BCUT2D eigenvalue weighted by Gasteiger charge is -2.08. The van der Waals surface area contributed by atoms with E-state index in [4.69, 9.17) is 10.5 Å². The zero-order chi connectivity index (χ0) is 13.5. The van der Waals surface area contributed by atoms with Gasteiger partial charge in [-0.05, 0) is 30.2 Å². The fourth-order valence-electron chi connectivity index (χ4n) is 1.77. The van der Waals surface area contributed by atoms with Gasteiger partial charge in [-0.2, -0.15) is 0 Å². The molecule has 2 heteroatoms. The molecule has 2 N–H and O–H groups in total. The predicted molar refractivity (Wildman–Crippen MR) is 81.0 cm³/mol. The van der Waals surface area contributed by atoms with Gasteiger partial charge < -0.3 is 10.5 Å². The van der Waals surface area contributed by atoms with Gasteiger partial charge in [-0.3, -0.25) is 0 Å². The van der Waals surface area contributed by atoms with Crippen LogP contribution in [0.3, 0.4) is 0 Å². The number of benzene rings is 2. The van der Waals surface area contributed by atoms with E-state index in [0.29, 0.717) is 6.61 Å². The lowest BCUT2D eigenvalue weighted by Crippen LogP contribution is -1.96. The molecule has 0 aromatic heterocycles. The Bertz CT molecular complexity index is 546. The Hall–Kier alpha value is -2.22. The smallest absolute Gasteiger partial charge is 0.120 e. The fourth-order valence-corrected chi connectivity index (χ4v) is 1.77. The van der Waals surface area contributed by atoms with Crippen LogP contribution in [0.2, 0.25) is 0 Å². The minimum absolute atomic E-state index is 0.571. The molecule has 0 heterocycles. The molecular weight excluding hydrogens is 234 g/mol. The summed E-state index contributed by atoms with van der Waals surface area (Å²) in [4.78, 5) is 0. The van der Waals surface area contributed by atoms with Gasteiger partial charge in [-0.15, -0.1) is 0 Å². The number of anilines is 1. The average molecular weight is 253 g/mol. The Morgan fingerprint density at radius 1 is 1.11 bits per heavy atom. The highest BCUT2D eigenvalue weighted by Crippen LogP contribution is 2.22. The van der Waals surface area contributed by atoms with Gasteiger partial charge in [0, 0.05) is 11.3 Å². The van der Waals surface area contributed by atoms with Gasteiger partial charge in [0.2, 0.25) is 0 Å². The third kappa shape index (κ3) is 3.88. The van der Waals surface area contributed by atoms with E-state index in [9.17, 15) is 0 Å². The van der Waals surface area contributed by atoms with Gasteiger partial charge in [0.25, 0.3) is 0 Å². The Kier molecular flexibility index (Phi) is 4.62. The third-order valence-electron chi connectivity index (χ3n) is 2.84. The highest BCUT2D eigenvalue weighted by molar-refractivity contribution is 5.66. The highest BCUT2D eigenvalue weighted by Gasteiger charge is 2.00. The van der Waals surface area contributed by atoms with E-state index in [2.05, 4.69) is 25.1 Å². The van der Waals surface area contributed by atoms with E-state index in [1.165, 1.54) is 0 Å². The summed E-state index contributed by atoms with van der Waals surface area (Å²) in [7, 11) is 0. The van der Waals surface area contributed by atoms with Crippen molar-refractivity contribution in [1.29, 1.82) is 0 Å². The van der Waals surface area contributed by atoms with Gasteiger partial charge in [-0.25, -0.2) is 0 Å². The summed E-state index contributed by atoms with van der Waals surface area (Å²) in [6.45, 7) is 2.67. The molecular formula is C17H19NO. The standard InChI is InChI=1S/C17H19NO/c1-2-3-9-15-12-16(10-11-17(15)18)19-13-14-7-5-4-6-8-14/h3-12H,2,13,18H2,1H3/b9-3+. The number of allylic oxidation sites excluding steroid dienone is 1. The molecule has 0 bridgehead atoms. The molecule has 0 unspecified atom stereocenters. The molecule has 2 aromatic carbocycles. The zero-order valence-electron chi connectivity index (χ0n) is 11.2. The lowest BCUT2D eigenvalue weighted by atomic mass is 10.1. The van der Waals surface area contributed by atoms with Crippen LogP contribution >= 0.6 is 0 Å². The van der Waals surface area contributed by atoms with Crippen molar-refractivity contribution in [2.75, 3.05) is 5.73 Å². The number of hydrogen-bond donors (Lipinski definition) is 1. The Morgan fingerprint density at radius 2 is 1.89 bits per heavy atom. The normalized spacial score (nSPS) is 10.8. The summed E-state index contributed by atoms with van der Waals surface area (Å²) in [5, 5.41) is 0. The summed E-state index contributed by atoms with van der Waals surface area (Å²) in [5.74, 6) is 0.841. The molecule has 0 saturated carbocycles. The van der Waals surface area contributed by atoms with Crippen molar-refractivity contribution in [2.45, 2.75) is 20.0 Å². The van der Waals surface area contributed by atoms with E-state index in [1.807, 2.05) is 42.5 Å². The Morgan fingerprint density at radius 3 is 2.63 bits per heavy atom. The molecule has 2 rings (SSSR count). The highest BCUT2D eigenvalue weighted by atomic mass is 16.5. The van der Waals surface area contributed by atoms with Crippen molar-refractivity contribution < 1.29 is 4.74 Å². The first-order chi connectivity index (χ1) is 9.29. The van der Waals surface area contributed by atoms with Gasteiger partial charge >= 0.3 is 0 Å². The van der Waals surface area contributed by atoms with E-state index in [0.717, 1.165) is 29.0 Å². The molecule has 0 saturated heterocycles. The van der Waals surface area contributed by atoms with E-state index >= 15 is 0 Å². The van der Waals surface area contributed by atoms with E-state index < -0.39 is 0 Å². The third-order valence-corrected chi connectivity index (χ3v) is 2.84. The maximum atomic E-state index is 5.93. The minimum atomic E-state index is 0.571. The van der Waals surface area contributed by atoms with Crippen molar-refractivity contribution >= 4 is 11.8 Å². The van der Waals surface area contributed by atoms with Crippen LogP contribution in [-0.2, 0) is 6.61 Å². The number of nitrogen functional groups attached to an aromatic ring is 1. The fraction of sp³-hybridized carbons (Fsp3) is 0.176. The minimum Gasteiger partial charge on any atom is -0.489 e. The van der Waals surface area contributed by atoms with Crippen LogP contribution in [0.1, 0.15) is 24.5 Å². The SMILES string of the molecule is CC/C=C/c1cc(OCc2ccccc2)ccc1N. The summed E-state index contributed by atoms with van der Waals surface area (Å²) >= 11 is 0. The first-order valence-corrected chi connectivity index (χ1v) is 6.52. The predicted octanol–water partition coefficient (Wildman–Crippen LogP) is 4.27. The first kappa shape index (κ1) is 13.2. The van der Waals surface area contributed by atoms with Crippen molar-refractivity contribution in [1.82, 2.24) is 0 Å². The second kappa shape index (κ2) is 6.64. The Labute approximate surface area is 114 Å². The van der Waals surface area contributed by atoms with Crippen LogP contribution in [0.5, 0.6) is 5.75 Å². The molecule has 0 aliphatic rings. The largest absolute Gasteiger partial charge is 0.489 e. The molecule has 0 radical (unpaired) electrons. The lowest BCUT2D eigenvalue weighted by molar-refractivity contribution is 0.306.